The normalized spacial score (nSPS) is 11.4. The summed E-state index contributed by atoms with van der Waals surface area (Å²) in [6.45, 7) is 1.91. The van der Waals surface area contributed by atoms with Crippen molar-refractivity contribution in [3.63, 3.8) is 0 Å². The summed E-state index contributed by atoms with van der Waals surface area (Å²) in [6.07, 6.45) is 0. The number of imidazole rings is 1. The van der Waals surface area contributed by atoms with E-state index in [9.17, 15) is 0 Å². The molecule has 0 radical (unpaired) electrons. The molecule has 0 spiro atoms. The topological polar surface area (TPSA) is 38.5 Å². The minimum atomic E-state index is 0.403. The van der Waals surface area contributed by atoms with E-state index < -0.39 is 0 Å². The quantitative estimate of drug-likeness (QED) is 0.512. The highest BCUT2D eigenvalue weighted by Crippen LogP contribution is 2.33. The number of aromatic amines is 1. The number of nitrogens with zero attached hydrogens (tertiary/aromatic N) is 3. The third-order valence-electron chi connectivity index (χ3n) is 3.07. The number of benzene rings is 1. The van der Waals surface area contributed by atoms with Gasteiger partial charge in [-0.25, -0.2) is 4.68 Å². The number of nitrogens with one attached hydrogen (secondary N) is 1. The van der Waals surface area contributed by atoms with Gasteiger partial charge in [-0.1, -0.05) is 34.8 Å². The molecule has 3 rings (SSSR count). The van der Waals surface area contributed by atoms with E-state index in [0.717, 1.165) is 16.9 Å². The van der Waals surface area contributed by atoms with Gasteiger partial charge in [-0.2, -0.15) is 5.10 Å². The molecule has 0 bridgehead atoms. The van der Waals surface area contributed by atoms with Crippen LogP contribution in [0.3, 0.4) is 0 Å². The number of fused-ring (bicyclic) bond motifs is 1. The zero-order chi connectivity index (χ0) is 14.6. The molecule has 2 aromatic heterocycles. The monoisotopic (exact) mass is 346 g/mol. The second-order valence-corrected chi connectivity index (χ2v) is 6.00. The maximum atomic E-state index is 6.27. The number of H-pyrrole nitrogens is 1. The summed E-state index contributed by atoms with van der Waals surface area (Å²) in [6, 6.07) is 3.29. The van der Waals surface area contributed by atoms with Crippen LogP contribution in [0.2, 0.25) is 15.1 Å². The van der Waals surface area contributed by atoms with Crippen molar-refractivity contribution in [2.75, 3.05) is 0 Å². The lowest BCUT2D eigenvalue weighted by Crippen LogP contribution is -2.01. The van der Waals surface area contributed by atoms with Gasteiger partial charge < -0.3 is 4.98 Å². The fraction of sp³-hybridized carbons (Fsp3) is 0.167. The van der Waals surface area contributed by atoms with Crippen molar-refractivity contribution in [3.05, 3.63) is 37.7 Å². The smallest absolute Gasteiger partial charge is 0.184 e. The first-order valence-electron chi connectivity index (χ1n) is 5.69. The molecule has 20 heavy (non-hydrogen) atoms. The van der Waals surface area contributed by atoms with Crippen molar-refractivity contribution in [2.45, 2.75) is 6.92 Å². The molecule has 0 amide bonds. The first-order chi connectivity index (χ1) is 9.40. The Morgan fingerprint density at radius 1 is 1.15 bits per heavy atom. The molecule has 0 saturated carbocycles. The van der Waals surface area contributed by atoms with Gasteiger partial charge >= 0.3 is 0 Å². The lowest BCUT2D eigenvalue weighted by atomic mass is 10.3. The highest BCUT2D eigenvalue weighted by atomic mass is 35.5. The van der Waals surface area contributed by atoms with Crippen LogP contribution in [0.4, 0.5) is 0 Å². The zero-order valence-corrected chi connectivity index (χ0v) is 13.6. The van der Waals surface area contributed by atoms with Gasteiger partial charge in [-0.15, -0.1) is 0 Å². The van der Waals surface area contributed by atoms with Gasteiger partial charge in [0.2, 0.25) is 0 Å². The van der Waals surface area contributed by atoms with Gasteiger partial charge in [-0.05, 0) is 31.3 Å². The van der Waals surface area contributed by atoms with Gasteiger partial charge in [-0.3, -0.25) is 4.57 Å². The van der Waals surface area contributed by atoms with E-state index in [1.807, 2.05) is 14.0 Å². The molecule has 0 saturated heterocycles. The van der Waals surface area contributed by atoms with E-state index in [1.54, 1.807) is 21.4 Å². The van der Waals surface area contributed by atoms with Crippen molar-refractivity contribution in [1.29, 1.82) is 0 Å². The minimum Gasteiger partial charge on any atom is -0.327 e. The predicted molar refractivity (Wildman–Crippen MR) is 85.0 cm³/mol. The van der Waals surface area contributed by atoms with Crippen molar-refractivity contribution in [2.24, 2.45) is 7.05 Å². The van der Waals surface area contributed by atoms with Gasteiger partial charge in [0.15, 0.2) is 10.4 Å². The van der Waals surface area contributed by atoms with Crippen LogP contribution in [-0.2, 0) is 7.05 Å². The Labute approximate surface area is 134 Å². The highest BCUT2D eigenvalue weighted by molar-refractivity contribution is 7.71. The van der Waals surface area contributed by atoms with Crippen LogP contribution in [0.5, 0.6) is 0 Å². The maximum absolute atomic E-state index is 6.27. The van der Waals surface area contributed by atoms with Crippen LogP contribution >= 0.6 is 47.0 Å². The molecule has 0 aliphatic carbocycles. The molecule has 0 aliphatic heterocycles. The largest absolute Gasteiger partial charge is 0.327 e. The number of halogens is 3. The number of aryl methyl sites for hydroxylation is 2. The Morgan fingerprint density at radius 3 is 2.50 bits per heavy atom. The Hall–Kier alpha value is -1.01. The minimum absolute atomic E-state index is 0.403. The average Bonchev–Trinajstić information content (AvgIpc) is 2.83. The fourth-order valence-corrected chi connectivity index (χ4v) is 3.13. The fourth-order valence-electron chi connectivity index (χ4n) is 2.21. The van der Waals surface area contributed by atoms with E-state index >= 15 is 0 Å². The molecule has 0 fully saturated rings. The standard InChI is InChI=1S/C12H9Cl3N4S/c1-5-10-11(18(2)17-5)19(12(20)16-10)9-4-7(14)6(13)3-8(9)15/h3-4H,1-2H3,(H,16,20). The number of rotatable bonds is 1. The van der Waals surface area contributed by atoms with E-state index in [2.05, 4.69) is 10.1 Å². The molecule has 2 heterocycles. The summed E-state index contributed by atoms with van der Waals surface area (Å²) in [5.41, 5.74) is 3.23. The van der Waals surface area contributed by atoms with Gasteiger partial charge in [0, 0.05) is 7.05 Å². The van der Waals surface area contributed by atoms with Crippen molar-refractivity contribution in [1.82, 2.24) is 19.3 Å². The molecule has 0 aliphatic rings. The molecular weight excluding hydrogens is 339 g/mol. The number of hydrogen-bond acceptors (Lipinski definition) is 2. The van der Waals surface area contributed by atoms with Crippen LogP contribution in [0.25, 0.3) is 16.9 Å². The van der Waals surface area contributed by atoms with Crippen molar-refractivity contribution < 1.29 is 0 Å². The first-order valence-corrected chi connectivity index (χ1v) is 7.23. The maximum Gasteiger partial charge on any atom is 0.184 e. The van der Waals surface area contributed by atoms with Gasteiger partial charge in [0.05, 0.1) is 26.4 Å². The Bertz CT molecular complexity index is 890. The summed E-state index contributed by atoms with van der Waals surface area (Å²) >= 11 is 23.7. The summed E-state index contributed by atoms with van der Waals surface area (Å²) in [7, 11) is 1.85. The molecule has 0 unspecified atom stereocenters. The molecule has 4 nitrogen and oxygen atoms in total. The number of aromatic nitrogens is 4. The van der Waals surface area contributed by atoms with Crippen molar-refractivity contribution in [3.8, 4) is 5.69 Å². The van der Waals surface area contributed by atoms with E-state index in [-0.39, 0.29) is 0 Å². The molecule has 1 aromatic carbocycles. The van der Waals surface area contributed by atoms with Crippen LogP contribution < -0.4 is 0 Å². The van der Waals surface area contributed by atoms with E-state index in [0.29, 0.717) is 25.5 Å². The van der Waals surface area contributed by atoms with Crippen molar-refractivity contribution >= 4 is 58.2 Å². The van der Waals surface area contributed by atoms with E-state index in [4.69, 9.17) is 47.0 Å². The van der Waals surface area contributed by atoms with Gasteiger partial charge in [0.1, 0.15) is 5.52 Å². The van der Waals surface area contributed by atoms with Crippen LogP contribution in [0.1, 0.15) is 5.69 Å². The molecular formula is C12H9Cl3N4S. The van der Waals surface area contributed by atoms with E-state index in [1.165, 1.54) is 0 Å². The Kier molecular flexibility index (Phi) is 3.33. The molecule has 3 aromatic rings. The summed E-state index contributed by atoms with van der Waals surface area (Å²) in [5, 5.41) is 5.65. The third kappa shape index (κ3) is 1.97. The SMILES string of the molecule is Cc1nn(C)c2c1[nH]c(=S)n2-c1cc(Cl)c(Cl)cc1Cl. The molecule has 1 N–H and O–H groups in total. The molecule has 0 atom stereocenters. The zero-order valence-electron chi connectivity index (χ0n) is 10.5. The average molecular weight is 348 g/mol. The Balaban J connectivity index is 2.44. The molecule has 104 valence electrons. The second kappa shape index (κ2) is 4.77. The summed E-state index contributed by atoms with van der Waals surface area (Å²) in [5.74, 6) is 0. The second-order valence-electron chi connectivity index (χ2n) is 4.39. The highest BCUT2D eigenvalue weighted by Gasteiger charge is 2.17. The van der Waals surface area contributed by atoms with Crippen LogP contribution in [0.15, 0.2) is 12.1 Å². The summed E-state index contributed by atoms with van der Waals surface area (Å²) in [4.78, 5) is 3.14. The lowest BCUT2D eigenvalue weighted by Gasteiger charge is -2.09. The van der Waals surface area contributed by atoms with Crippen LogP contribution in [0, 0.1) is 11.7 Å². The summed E-state index contributed by atoms with van der Waals surface area (Å²) < 4.78 is 4.07. The Morgan fingerprint density at radius 2 is 1.80 bits per heavy atom. The molecule has 8 heteroatoms. The van der Waals surface area contributed by atoms with Crippen LogP contribution in [-0.4, -0.2) is 19.3 Å². The first kappa shape index (κ1) is 13.9. The lowest BCUT2D eigenvalue weighted by molar-refractivity contribution is 0.759. The van der Waals surface area contributed by atoms with Gasteiger partial charge in [0.25, 0.3) is 0 Å². The predicted octanol–water partition coefficient (Wildman–Crippen LogP) is 4.69. The third-order valence-corrected chi connectivity index (χ3v) is 4.38. The number of hydrogen-bond donors (Lipinski definition) is 1.